The smallest absolute Gasteiger partial charge is 0.230 e. The first-order chi connectivity index (χ1) is 19.9. The zero-order valence-corrected chi connectivity index (χ0v) is 23.4. The van der Waals surface area contributed by atoms with Gasteiger partial charge in [0.2, 0.25) is 5.91 Å². The number of aliphatic hydroxyl groups is 1. The van der Waals surface area contributed by atoms with Crippen LogP contribution in [-0.2, 0) is 16.0 Å². The number of hydrogen-bond acceptors (Lipinski definition) is 10. The van der Waals surface area contributed by atoms with Gasteiger partial charge in [-0.25, -0.2) is 14.4 Å². The summed E-state index contributed by atoms with van der Waals surface area (Å²) in [6, 6.07) is 9.20. The van der Waals surface area contributed by atoms with Gasteiger partial charge >= 0.3 is 0 Å². The number of rotatable bonds is 15. The van der Waals surface area contributed by atoms with Gasteiger partial charge in [-0.2, -0.15) is 5.10 Å². The average molecular weight is 588 g/mol. The van der Waals surface area contributed by atoms with Crippen molar-refractivity contribution in [2.24, 2.45) is 0 Å². The van der Waals surface area contributed by atoms with Crippen LogP contribution in [0.5, 0.6) is 11.5 Å². The van der Waals surface area contributed by atoms with E-state index in [9.17, 15) is 9.18 Å². The number of nitrogens with one attached hydrogen (secondary N) is 3. The Hall–Kier alpha value is -4.04. The number of methoxy groups -OCH3 is 1. The van der Waals surface area contributed by atoms with Crippen molar-refractivity contribution in [1.82, 2.24) is 25.1 Å². The van der Waals surface area contributed by atoms with Gasteiger partial charge in [0, 0.05) is 49.1 Å². The fraction of sp³-hybridized carbons (Fsp3) is 0.333. The predicted molar refractivity (Wildman–Crippen MR) is 153 cm³/mol. The zero-order valence-electron chi connectivity index (χ0n) is 22.6. The number of amides is 1. The maximum Gasteiger partial charge on any atom is 0.230 e. The third-order valence-electron chi connectivity index (χ3n) is 5.88. The van der Waals surface area contributed by atoms with Gasteiger partial charge in [0.1, 0.15) is 42.7 Å². The van der Waals surface area contributed by atoms with Gasteiger partial charge in [0.15, 0.2) is 5.82 Å². The summed E-state index contributed by atoms with van der Waals surface area (Å²) in [4.78, 5) is 23.2. The Bertz CT molecular complexity index is 1470. The van der Waals surface area contributed by atoms with Crippen LogP contribution in [0.4, 0.5) is 21.7 Å². The molecule has 1 amide bonds. The van der Waals surface area contributed by atoms with Crippen molar-refractivity contribution in [1.29, 1.82) is 0 Å². The largest absolute Gasteiger partial charge is 0.491 e. The SMILES string of the molecule is COCCOc1cc(OCCN(C)CCO)c2c(Nc3cc(CC(=O)Nc4ccc(Cl)cc4F)[nH]n3)ncnc2c1. The monoisotopic (exact) mass is 587 g/mol. The molecule has 2 aromatic carbocycles. The van der Waals surface area contributed by atoms with E-state index in [2.05, 4.69) is 30.8 Å². The van der Waals surface area contributed by atoms with E-state index in [1.807, 2.05) is 11.9 Å². The summed E-state index contributed by atoms with van der Waals surface area (Å²) in [6.45, 7) is 2.27. The van der Waals surface area contributed by atoms with Crippen LogP contribution >= 0.6 is 11.6 Å². The van der Waals surface area contributed by atoms with E-state index in [-0.39, 0.29) is 23.7 Å². The molecule has 0 saturated carbocycles. The number of likely N-dealkylation sites (N-methyl/N-ethyl adjacent to an activating group) is 1. The highest BCUT2D eigenvalue weighted by Crippen LogP contribution is 2.35. The van der Waals surface area contributed by atoms with E-state index >= 15 is 0 Å². The van der Waals surface area contributed by atoms with Crippen molar-refractivity contribution in [3.05, 3.63) is 59.3 Å². The molecular weight excluding hydrogens is 557 g/mol. The van der Waals surface area contributed by atoms with Crippen LogP contribution in [0.1, 0.15) is 5.69 Å². The van der Waals surface area contributed by atoms with Crippen LogP contribution in [0.2, 0.25) is 5.02 Å². The molecule has 14 heteroatoms. The molecule has 0 spiro atoms. The molecule has 218 valence electrons. The lowest BCUT2D eigenvalue weighted by atomic mass is 10.2. The van der Waals surface area contributed by atoms with E-state index in [4.69, 9.17) is 30.9 Å². The number of ether oxygens (including phenoxy) is 3. The lowest BCUT2D eigenvalue weighted by Crippen LogP contribution is -2.27. The van der Waals surface area contributed by atoms with E-state index in [0.717, 1.165) is 6.07 Å². The van der Waals surface area contributed by atoms with Crippen LogP contribution in [0.15, 0.2) is 42.7 Å². The molecule has 0 fully saturated rings. The second kappa shape index (κ2) is 14.6. The Labute approximate surface area is 240 Å². The third kappa shape index (κ3) is 8.47. The number of carbonyl (C=O) groups is 1. The molecule has 4 aromatic rings. The quantitative estimate of drug-likeness (QED) is 0.153. The number of carbonyl (C=O) groups excluding carboxylic acids is 1. The normalized spacial score (nSPS) is 11.2. The van der Waals surface area contributed by atoms with Crippen LogP contribution in [-0.4, -0.2) is 89.8 Å². The molecule has 2 heterocycles. The standard InChI is InChI=1S/C27H31ClFN7O5/c1-36(5-7-37)6-8-41-23-15-19(40-10-9-39-2)14-22-26(23)27(31-16-30-22)33-24-12-18(34-35-24)13-25(38)32-21-4-3-17(28)11-20(21)29/h3-4,11-12,14-16,37H,5-10,13H2,1-2H3,(H,32,38)(H2,30,31,33,34,35). The molecule has 0 unspecified atom stereocenters. The topological polar surface area (TPSA) is 147 Å². The fourth-order valence-electron chi connectivity index (χ4n) is 3.85. The summed E-state index contributed by atoms with van der Waals surface area (Å²) in [5.41, 5.74) is 1.11. The molecule has 0 radical (unpaired) electrons. The molecule has 2 aromatic heterocycles. The Balaban J connectivity index is 1.51. The molecule has 4 rings (SSSR count). The first-order valence-corrected chi connectivity index (χ1v) is 13.1. The van der Waals surface area contributed by atoms with Gasteiger partial charge < -0.3 is 34.9 Å². The second-order valence-corrected chi connectivity index (χ2v) is 9.44. The van der Waals surface area contributed by atoms with E-state index in [1.54, 1.807) is 25.3 Å². The summed E-state index contributed by atoms with van der Waals surface area (Å²) in [5, 5.41) is 22.7. The second-order valence-electron chi connectivity index (χ2n) is 9.01. The number of benzene rings is 2. The van der Waals surface area contributed by atoms with Crippen LogP contribution < -0.4 is 20.1 Å². The number of aliphatic hydroxyl groups excluding tert-OH is 1. The Morgan fingerprint density at radius 3 is 2.76 bits per heavy atom. The zero-order chi connectivity index (χ0) is 29.2. The van der Waals surface area contributed by atoms with E-state index < -0.39 is 11.7 Å². The highest BCUT2D eigenvalue weighted by molar-refractivity contribution is 6.30. The number of H-pyrrole nitrogens is 1. The van der Waals surface area contributed by atoms with Gasteiger partial charge in [0.05, 0.1) is 36.2 Å². The fourth-order valence-corrected chi connectivity index (χ4v) is 4.01. The van der Waals surface area contributed by atoms with Gasteiger partial charge in [-0.15, -0.1) is 0 Å². The Morgan fingerprint density at radius 2 is 1.98 bits per heavy atom. The lowest BCUT2D eigenvalue weighted by Gasteiger charge is -2.17. The number of aromatic amines is 1. The average Bonchev–Trinajstić information content (AvgIpc) is 3.37. The van der Waals surface area contributed by atoms with Gasteiger partial charge in [-0.05, 0) is 25.2 Å². The minimum absolute atomic E-state index is 0.0328. The molecule has 0 saturated heterocycles. The maximum absolute atomic E-state index is 14.0. The van der Waals surface area contributed by atoms with Crippen molar-refractivity contribution < 1.29 is 28.5 Å². The van der Waals surface area contributed by atoms with Gasteiger partial charge in [0.25, 0.3) is 0 Å². The molecule has 0 aliphatic carbocycles. The first-order valence-electron chi connectivity index (χ1n) is 12.7. The van der Waals surface area contributed by atoms with Crippen molar-refractivity contribution >= 4 is 45.7 Å². The molecule has 12 nitrogen and oxygen atoms in total. The molecule has 0 bridgehead atoms. The van der Waals surface area contributed by atoms with Crippen molar-refractivity contribution in [2.75, 3.05) is 64.3 Å². The first kappa shape index (κ1) is 29.9. The van der Waals surface area contributed by atoms with Crippen molar-refractivity contribution in [2.45, 2.75) is 6.42 Å². The summed E-state index contributed by atoms with van der Waals surface area (Å²) in [7, 11) is 3.48. The summed E-state index contributed by atoms with van der Waals surface area (Å²) in [6.07, 6.45) is 1.34. The van der Waals surface area contributed by atoms with Gasteiger partial charge in [-0.3, -0.25) is 9.89 Å². The highest BCUT2D eigenvalue weighted by Gasteiger charge is 2.16. The van der Waals surface area contributed by atoms with Crippen LogP contribution in [0, 0.1) is 5.82 Å². The number of nitrogens with zero attached hydrogens (tertiary/aromatic N) is 4. The molecule has 0 aliphatic heterocycles. The summed E-state index contributed by atoms with van der Waals surface area (Å²) >= 11 is 5.77. The summed E-state index contributed by atoms with van der Waals surface area (Å²) < 4.78 is 31.0. The Kier molecular flexibility index (Phi) is 10.6. The molecular formula is C27H31ClFN7O5. The predicted octanol–water partition coefficient (Wildman–Crippen LogP) is 3.40. The minimum Gasteiger partial charge on any atom is -0.491 e. The third-order valence-corrected chi connectivity index (χ3v) is 6.11. The maximum atomic E-state index is 14.0. The van der Waals surface area contributed by atoms with E-state index in [0.29, 0.717) is 72.6 Å². The number of aromatic nitrogens is 4. The number of fused-ring (bicyclic) bond motifs is 1. The number of halogens is 2. The molecule has 0 atom stereocenters. The Morgan fingerprint density at radius 1 is 1.12 bits per heavy atom. The van der Waals surface area contributed by atoms with E-state index in [1.165, 1.54) is 18.5 Å². The molecule has 41 heavy (non-hydrogen) atoms. The minimum atomic E-state index is -0.626. The number of hydrogen-bond donors (Lipinski definition) is 4. The van der Waals surface area contributed by atoms with Gasteiger partial charge in [-0.1, -0.05) is 11.6 Å². The number of anilines is 3. The summed E-state index contributed by atoms with van der Waals surface area (Å²) in [5.74, 6) is 0.830. The van der Waals surface area contributed by atoms with Crippen LogP contribution in [0.3, 0.4) is 0 Å². The molecule has 0 aliphatic rings. The highest BCUT2D eigenvalue weighted by atomic mass is 35.5. The van der Waals surface area contributed by atoms with Crippen molar-refractivity contribution in [3.63, 3.8) is 0 Å². The van der Waals surface area contributed by atoms with Crippen LogP contribution in [0.25, 0.3) is 10.9 Å². The molecule has 4 N–H and O–H groups in total. The lowest BCUT2D eigenvalue weighted by molar-refractivity contribution is -0.115. The van der Waals surface area contributed by atoms with Crippen molar-refractivity contribution in [3.8, 4) is 11.5 Å².